The molecule has 1 amide bonds. The summed E-state index contributed by atoms with van der Waals surface area (Å²) < 4.78 is 32.6. The number of nitrogens with one attached hydrogen (secondary N) is 1. The summed E-state index contributed by atoms with van der Waals surface area (Å²) in [6.45, 7) is 0.0647. The van der Waals surface area contributed by atoms with Crippen molar-refractivity contribution in [3.05, 3.63) is 66.2 Å². The molecule has 1 unspecified atom stereocenters. The molecule has 128 valence electrons. The van der Waals surface area contributed by atoms with Crippen LogP contribution >= 0.6 is 0 Å². The molecule has 6 nitrogen and oxygen atoms in total. The van der Waals surface area contributed by atoms with Gasteiger partial charge in [-0.3, -0.25) is 4.79 Å². The minimum atomic E-state index is -3.84. The Balaban J connectivity index is 2.35. The highest BCUT2D eigenvalue weighted by atomic mass is 32.2. The summed E-state index contributed by atoms with van der Waals surface area (Å²) in [6.07, 6.45) is 0. The van der Waals surface area contributed by atoms with Crippen LogP contribution in [0.3, 0.4) is 0 Å². The average Bonchev–Trinajstić information content (AvgIpc) is 2.61. The van der Waals surface area contributed by atoms with E-state index >= 15 is 0 Å². The number of benzene rings is 2. The van der Waals surface area contributed by atoms with Gasteiger partial charge in [0.15, 0.2) is 0 Å². The zero-order chi connectivity index (χ0) is 17.6. The number of amides is 1. The van der Waals surface area contributed by atoms with Gasteiger partial charge in [-0.15, -0.1) is 0 Å². The van der Waals surface area contributed by atoms with Gasteiger partial charge in [0.1, 0.15) is 12.8 Å². The highest BCUT2D eigenvalue weighted by molar-refractivity contribution is 7.89. The Morgan fingerprint density at radius 3 is 2.17 bits per heavy atom. The lowest BCUT2D eigenvalue weighted by atomic mass is 10.1. The summed E-state index contributed by atoms with van der Waals surface area (Å²) in [5, 5.41) is 0. The number of hydrogen-bond acceptors (Lipinski definition) is 4. The third kappa shape index (κ3) is 4.41. The zero-order valence-electron chi connectivity index (χ0n) is 13.5. The Bertz CT molecular complexity index is 764. The van der Waals surface area contributed by atoms with E-state index in [0.717, 1.165) is 0 Å². The van der Waals surface area contributed by atoms with Crippen LogP contribution in [0.2, 0.25) is 0 Å². The van der Waals surface area contributed by atoms with Crippen molar-refractivity contribution < 1.29 is 17.9 Å². The van der Waals surface area contributed by atoms with Gasteiger partial charge in [0.05, 0.1) is 4.90 Å². The maximum absolute atomic E-state index is 12.7. The fraction of sp³-hybridized carbons (Fsp3) is 0.235. The van der Waals surface area contributed by atoms with Crippen LogP contribution in [0.1, 0.15) is 11.6 Å². The Morgan fingerprint density at radius 1 is 1.08 bits per heavy atom. The van der Waals surface area contributed by atoms with Crippen molar-refractivity contribution >= 4 is 15.9 Å². The van der Waals surface area contributed by atoms with Gasteiger partial charge in [-0.05, 0) is 17.7 Å². The van der Waals surface area contributed by atoms with Crippen LogP contribution in [0, 0.1) is 0 Å². The topological polar surface area (TPSA) is 75.7 Å². The van der Waals surface area contributed by atoms with Gasteiger partial charge in [0.25, 0.3) is 0 Å². The van der Waals surface area contributed by atoms with Crippen molar-refractivity contribution in [1.82, 2.24) is 9.62 Å². The minimum Gasteiger partial charge on any atom is -0.364 e. The Hall–Kier alpha value is -2.22. The fourth-order valence-electron chi connectivity index (χ4n) is 2.21. The zero-order valence-corrected chi connectivity index (χ0v) is 14.4. The van der Waals surface area contributed by atoms with Crippen LogP contribution < -0.4 is 4.72 Å². The van der Waals surface area contributed by atoms with Gasteiger partial charge >= 0.3 is 0 Å². The molecule has 2 rings (SSSR count). The number of carbonyl (C=O) groups excluding carboxylic acids is 1. The van der Waals surface area contributed by atoms with Gasteiger partial charge in [0.2, 0.25) is 15.9 Å². The van der Waals surface area contributed by atoms with Gasteiger partial charge in [-0.1, -0.05) is 48.5 Å². The second kappa shape index (κ2) is 8.05. The van der Waals surface area contributed by atoms with Crippen LogP contribution in [0.5, 0.6) is 0 Å². The molecule has 2 aromatic rings. The van der Waals surface area contributed by atoms with E-state index in [0.29, 0.717) is 5.56 Å². The molecule has 1 atom stereocenters. The highest BCUT2D eigenvalue weighted by Crippen LogP contribution is 2.19. The normalized spacial score (nSPS) is 12.6. The Labute approximate surface area is 142 Å². The molecule has 0 saturated carbocycles. The molecule has 24 heavy (non-hydrogen) atoms. The molecule has 0 radical (unpaired) electrons. The van der Waals surface area contributed by atoms with E-state index in [1.54, 1.807) is 55.6 Å². The maximum atomic E-state index is 12.7. The number of carbonyl (C=O) groups is 1. The summed E-state index contributed by atoms with van der Waals surface area (Å²) in [7, 11) is -0.818. The van der Waals surface area contributed by atoms with Crippen LogP contribution in [-0.2, 0) is 19.6 Å². The number of methoxy groups -OCH3 is 1. The lowest BCUT2D eigenvalue weighted by Gasteiger charge is -2.24. The quantitative estimate of drug-likeness (QED) is 0.774. The molecule has 0 fully saturated rings. The van der Waals surface area contributed by atoms with Crippen molar-refractivity contribution in [1.29, 1.82) is 0 Å². The molecular formula is C17H20N2O4S. The average molecular weight is 348 g/mol. The van der Waals surface area contributed by atoms with Crippen molar-refractivity contribution in [2.75, 3.05) is 20.9 Å². The minimum absolute atomic E-state index is 0.0647. The predicted molar refractivity (Wildman–Crippen MR) is 90.6 cm³/mol. The molecule has 0 saturated heterocycles. The van der Waals surface area contributed by atoms with E-state index in [-0.39, 0.29) is 11.6 Å². The summed E-state index contributed by atoms with van der Waals surface area (Å²) in [4.78, 5) is 14.1. The predicted octanol–water partition coefficient (Wildman–Crippen LogP) is 1.77. The van der Waals surface area contributed by atoms with Gasteiger partial charge < -0.3 is 9.64 Å². The number of likely N-dealkylation sites (N-methyl/N-ethyl adjacent to an activating group) is 1. The molecule has 0 heterocycles. The molecule has 0 aliphatic heterocycles. The molecule has 0 spiro atoms. The molecule has 1 N–H and O–H groups in total. The molecular weight excluding hydrogens is 328 g/mol. The van der Waals surface area contributed by atoms with Crippen LogP contribution in [0.25, 0.3) is 0 Å². The second-order valence-corrected chi connectivity index (χ2v) is 6.95. The standard InChI is InChI=1S/C17H20N2O4S/c1-19(13-23-2)17(20)16(14-9-5-3-6-10-14)18-24(21,22)15-11-7-4-8-12-15/h3-12,16,18H,13H2,1-2H3. The maximum Gasteiger partial charge on any atom is 0.246 e. The van der Waals surface area contributed by atoms with E-state index in [1.165, 1.54) is 24.1 Å². The van der Waals surface area contributed by atoms with E-state index in [4.69, 9.17) is 4.74 Å². The smallest absolute Gasteiger partial charge is 0.246 e. The molecule has 7 heteroatoms. The monoisotopic (exact) mass is 348 g/mol. The highest BCUT2D eigenvalue weighted by Gasteiger charge is 2.29. The summed E-state index contributed by atoms with van der Waals surface area (Å²) in [5.74, 6) is -0.400. The van der Waals surface area contributed by atoms with Crippen LogP contribution in [0.15, 0.2) is 65.6 Å². The first kappa shape index (κ1) is 18.1. The fourth-order valence-corrected chi connectivity index (χ4v) is 3.41. The van der Waals surface area contributed by atoms with Gasteiger partial charge in [-0.25, -0.2) is 8.42 Å². The third-order valence-electron chi connectivity index (χ3n) is 3.41. The van der Waals surface area contributed by atoms with E-state index < -0.39 is 22.0 Å². The number of nitrogens with zero attached hydrogens (tertiary/aromatic N) is 1. The van der Waals surface area contributed by atoms with Crippen molar-refractivity contribution in [2.45, 2.75) is 10.9 Å². The number of hydrogen-bond donors (Lipinski definition) is 1. The molecule has 0 bridgehead atoms. The summed E-state index contributed by atoms with van der Waals surface area (Å²) >= 11 is 0. The van der Waals surface area contributed by atoms with E-state index in [9.17, 15) is 13.2 Å². The van der Waals surface area contributed by atoms with Crippen molar-refractivity contribution in [3.63, 3.8) is 0 Å². The molecule has 0 aliphatic rings. The van der Waals surface area contributed by atoms with Gasteiger partial charge in [-0.2, -0.15) is 4.72 Å². The first-order valence-corrected chi connectivity index (χ1v) is 8.80. The first-order chi connectivity index (χ1) is 11.5. The summed E-state index contributed by atoms with van der Waals surface area (Å²) in [6, 6.07) is 15.6. The van der Waals surface area contributed by atoms with E-state index in [2.05, 4.69) is 4.72 Å². The van der Waals surface area contributed by atoms with Crippen molar-refractivity contribution in [3.8, 4) is 0 Å². The van der Waals surface area contributed by atoms with Crippen LogP contribution in [0.4, 0.5) is 0 Å². The lowest BCUT2D eigenvalue weighted by molar-refractivity contribution is -0.136. The SMILES string of the molecule is COCN(C)C(=O)C(NS(=O)(=O)c1ccccc1)c1ccccc1. The number of rotatable bonds is 7. The first-order valence-electron chi connectivity index (χ1n) is 7.32. The molecule has 0 aromatic heterocycles. The van der Waals surface area contributed by atoms with Gasteiger partial charge in [0, 0.05) is 14.2 Å². The summed E-state index contributed by atoms with van der Waals surface area (Å²) in [5.41, 5.74) is 0.560. The third-order valence-corrected chi connectivity index (χ3v) is 4.84. The second-order valence-electron chi connectivity index (χ2n) is 5.23. The lowest BCUT2D eigenvalue weighted by Crippen LogP contribution is -2.41. The Morgan fingerprint density at radius 2 is 1.62 bits per heavy atom. The van der Waals surface area contributed by atoms with E-state index in [1.807, 2.05) is 0 Å². The van der Waals surface area contributed by atoms with Crippen molar-refractivity contribution in [2.24, 2.45) is 0 Å². The molecule has 0 aliphatic carbocycles. The number of ether oxygens (including phenoxy) is 1. The largest absolute Gasteiger partial charge is 0.364 e. The Kier molecular flexibility index (Phi) is 6.08. The van der Waals surface area contributed by atoms with Crippen LogP contribution in [-0.4, -0.2) is 40.1 Å². The number of sulfonamides is 1. The molecule has 2 aromatic carbocycles.